The average Bonchev–Trinajstić information content (AvgIpc) is 3.34. The van der Waals surface area contributed by atoms with Crippen LogP contribution in [-0.4, -0.2) is 38.3 Å². The topological polar surface area (TPSA) is 101 Å². The molecule has 0 amide bonds. The first-order valence-corrected chi connectivity index (χ1v) is 13.5. The Hall–Kier alpha value is -3.79. The van der Waals surface area contributed by atoms with Gasteiger partial charge in [-0.1, -0.05) is 48.0 Å². The van der Waals surface area contributed by atoms with E-state index in [0.29, 0.717) is 44.4 Å². The molecule has 1 aliphatic heterocycles. The number of hydrogen-bond donors (Lipinski definition) is 2. The first-order chi connectivity index (χ1) is 17.7. The zero-order chi connectivity index (χ0) is 26.3. The van der Waals surface area contributed by atoms with Crippen molar-refractivity contribution in [3.63, 3.8) is 0 Å². The molecule has 37 heavy (non-hydrogen) atoms. The van der Waals surface area contributed by atoms with Gasteiger partial charge in [-0.05, 0) is 47.5 Å². The van der Waals surface area contributed by atoms with Gasteiger partial charge in [0.25, 0.3) is 5.56 Å². The molecule has 4 aromatic rings. The molecule has 1 aliphatic rings. The molecule has 8 nitrogen and oxygen atoms in total. The van der Waals surface area contributed by atoms with Crippen molar-refractivity contribution in [2.24, 2.45) is 0 Å². The van der Waals surface area contributed by atoms with Gasteiger partial charge in [-0.25, -0.2) is 8.42 Å². The monoisotopic (exact) mass is 537 g/mol. The van der Waals surface area contributed by atoms with Crippen molar-refractivity contribution < 1.29 is 17.9 Å². The van der Waals surface area contributed by atoms with E-state index < -0.39 is 16.1 Å². The summed E-state index contributed by atoms with van der Waals surface area (Å²) in [5.41, 5.74) is 5.94. The number of benzene rings is 3. The van der Waals surface area contributed by atoms with Gasteiger partial charge in [-0.3, -0.25) is 4.79 Å². The number of hydrogen-bond acceptors (Lipinski definition) is 6. The van der Waals surface area contributed by atoms with E-state index in [1.807, 2.05) is 30.3 Å². The lowest BCUT2D eigenvalue weighted by Crippen LogP contribution is -2.39. The second kappa shape index (κ2) is 9.59. The summed E-state index contributed by atoms with van der Waals surface area (Å²) in [6.07, 6.45) is 2.82. The lowest BCUT2D eigenvalue weighted by atomic mass is 9.94. The fourth-order valence-corrected chi connectivity index (χ4v) is 5.61. The summed E-state index contributed by atoms with van der Waals surface area (Å²) in [5.74, 6) is 0.972. The maximum Gasteiger partial charge on any atom is 0.258 e. The van der Waals surface area contributed by atoms with Crippen LogP contribution in [0.4, 0.5) is 0 Å². The van der Waals surface area contributed by atoms with Gasteiger partial charge in [0.1, 0.15) is 0 Å². The lowest BCUT2D eigenvalue weighted by Gasteiger charge is -2.23. The Morgan fingerprint density at radius 2 is 1.65 bits per heavy atom. The molecular formula is C27H24ClN3O5S. The zero-order valence-electron chi connectivity index (χ0n) is 20.3. The minimum absolute atomic E-state index is 0.303. The summed E-state index contributed by atoms with van der Waals surface area (Å²) in [6.45, 7) is 0. The Morgan fingerprint density at radius 3 is 2.32 bits per heavy atom. The average molecular weight is 538 g/mol. The Balaban J connectivity index is 1.77. The van der Waals surface area contributed by atoms with Crippen molar-refractivity contribution in [3.05, 3.63) is 99.3 Å². The molecule has 0 fully saturated rings. The highest BCUT2D eigenvalue weighted by atomic mass is 35.5. The first kappa shape index (κ1) is 24.9. The van der Waals surface area contributed by atoms with Crippen molar-refractivity contribution in [1.82, 2.24) is 14.8 Å². The minimum Gasteiger partial charge on any atom is -0.493 e. The van der Waals surface area contributed by atoms with Crippen LogP contribution in [-0.2, 0) is 10.0 Å². The summed E-state index contributed by atoms with van der Waals surface area (Å²) >= 11 is 6.34. The number of methoxy groups -OCH3 is 2. The van der Waals surface area contributed by atoms with Gasteiger partial charge in [0.2, 0.25) is 10.0 Å². The number of ether oxygens (including phenoxy) is 2. The van der Waals surface area contributed by atoms with E-state index in [9.17, 15) is 13.2 Å². The van der Waals surface area contributed by atoms with Crippen LogP contribution in [0.1, 0.15) is 17.2 Å². The number of aromatic amines is 1. The molecule has 0 bridgehead atoms. The van der Waals surface area contributed by atoms with Gasteiger partial charge in [-0.2, -0.15) is 0 Å². The SMILES string of the molecule is COc1ccc([C@H]2C=C(c3c(-c4ccccc4)c4cc(Cl)ccc4[nH]c3=O)NN2S(C)(=O)=O)cc1OC. The van der Waals surface area contributed by atoms with E-state index in [-0.39, 0.29) is 5.56 Å². The van der Waals surface area contributed by atoms with Gasteiger partial charge >= 0.3 is 0 Å². The predicted octanol–water partition coefficient (Wildman–Crippen LogP) is 4.73. The molecule has 10 heteroatoms. The Bertz CT molecular complexity index is 1700. The number of rotatable bonds is 6. The van der Waals surface area contributed by atoms with Crippen LogP contribution in [0.15, 0.2) is 77.6 Å². The molecule has 0 saturated carbocycles. The summed E-state index contributed by atoms with van der Waals surface area (Å²) in [7, 11) is -0.714. The maximum atomic E-state index is 13.5. The fraction of sp³-hybridized carbons (Fsp3) is 0.148. The van der Waals surface area contributed by atoms with Crippen LogP contribution >= 0.6 is 11.6 Å². The van der Waals surface area contributed by atoms with Crippen molar-refractivity contribution in [2.75, 3.05) is 20.5 Å². The number of pyridine rings is 1. The number of aromatic nitrogens is 1. The van der Waals surface area contributed by atoms with E-state index in [0.717, 1.165) is 21.6 Å². The van der Waals surface area contributed by atoms with Gasteiger partial charge in [-0.15, -0.1) is 4.41 Å². The van der Waals surface area contributed by atoms with Crippen LogP contribution in [0.2, 0.25) is 5.02 Å². The fourth-order valence-electron chi connectivity index (χ4n) is 4.57. The van der Waals surface area contributed by atoms with E-state index in [1.54, 1.807) is 42.5 Å². The normalized spacial score (nSPS) is 15.9. The molecule has 1 aromatic heterocycles. The molecule has 1 atom stereocenters. The first-order valence-electron chi connectivity index (χ1n) is 11.3. The lowest BCUT2D eigenvalue weighted by molar-refractivity contribution is 0.342. The third-order valence-electron chi connectivity index (χ3n) is 6.22. The summed E-state index contributed by atoms with van der Waals surface area (Å²) in [6, 6.07) is 19.1. The number of sulfonamides is 1. The second-order valence-corrected chi connectivity index (χ2v) is 10.9. The van der Waals surface area contributed by atoms with Crippen molar-refractivity contribution in [3.8, 4) is 22.6 Å². The molecule has 0 saturated heterocycles. The number of H-pyrrole nitrogens is 1. The molecule has 0 aliphatic carbocycles. The largest absolute Gasteiger partial charge is 0.493 e. The van der Waals surface area contributed by atoms with Gasteiger partial charge in [0.15, 0.2) is 11.5 Å². The molecule has 3 aromatic carbocycles. The van der Waals surface area contributed by atoms with Crippen LogP contribution < -0.4 is 20.5 Å². The Labute approximate surface area is 219 Å². The second-order valence-electron chi connectivity index (χ2n) is 8.57. The molecule has 0 spiro atoms. The number of hydrazine groups is 1. The van der Waals surface area contributed by atoms with Gasteiger partial charge in [0.05, 0.1) is 37.8 Å². The third-order valence-corrected chi connectivity index (χ3v) is 7.49. The maximum absolute atomic E-state index is 13.5. The highest BCUT2D eigenvalue weighted by molar-refractivity contribution is 7.88. The molecule has 2 N–H and O–H groups in total. The van der Waals surface area contributed by atoms with Crippen LogP contribution in [0.25, 0.3) is 27.7 Å². The van der Waals surface area contributed by atoms with E-state index in [2.05, 4.69) is 10.4 Å². The summed E-state index contributed by atoms with van der Waals surface area (Å²) < 4.78 is 37.6. The van der Waals surface area contributed by atoms with E-state index in [1.165, 1.54) is 14.2 Å². The highest BCUT2D eigenvalue weighted by Gasteiger charge is 2.35. The highest BCUT2D eigenvalue weighted by Crippen LogP contribution is 2.40. The molecule has 5 rings (SSSR count). The number of nitrogens with zero attached hydrogens (tertiary/aromatic N) is 1. The van der Waals surface area contributed by atoms with E-state index in [4.69, 9.17) is 21.1 Å². The molecule has 0 unspecified atom stereocenters. The number of fused-ring (bicyclic) bond motifs is 1. The van der Waals surface area contributed by atoms with Crippen LogP contribution in [0.5, 0.6) is 11.5 Å². The Kier molecular flexibility index (Phi) is 6.45. The smallest absolute Gasteiger partial charge is 0.258 e. The summed E-state index contributed by atoms with van der Waals surface area (Å²) in [5, 5.41) is 1.24. The van der Waals surface area contributed by atoms with Crippen molar-refractivity contribution in [2.45, 2.75) is 6.04 Å². The van der Waals surface area contributed by atoms with Crippen molar-refractivity contribution in [1.29, 1.82) is 0 Å². The number of nitrogens with one attached hydrogen (secondary N) is 2. The van der Waals surface area contributed by atoms with Crippen LogP contribution in [0.3, 0.4) is 0 Å². The standard InChI is InChI=1S/C27H24ClN3O5S/c1-35-23-12-9-17(13-24(23)36-2)22-15-21(30-31(22)37(3,33)34)26-25(16-7-5-4-6-8-16)19-14-18(28)10-11-20(19)29-27(26)32/h4-15,22,30H,1-3H3,(H,29,32)/t22-/m1/s1. The van der Waals surface area contributed by atoms with E-state index >= 15 is 0 Å². The molecular weight excluding hydrogens is 514 g/mol. The van der Waals surface area contributed by atoms with Crippen molar-refractivity contribution >= 4 is 38.2 Å². The quantitative estimate of drug-likeness (QED) is 0.369. The Morgan fingerprint density at radius 1 is 0.919 bits per heavy atom. The minimum atomic E-state index is -3.75. The summed E-state index contributed by atoms with van der Waals surface area (Å²) in [4.78, 5) is 16.4. The van der Waals surface area contributed by atoms with Gasteiger partial charge in [0, 0.05) is 21.5 Å². The molecule has 2 heterocycles. The van der Waals surface area contributed by atoms with Crippen LogP contribution in [0, 0.1) is 0 Å². The zero-order valence-corrected chi connectivity index (χ0v) is 21.9. The third kappa shape index (κ3) is 4.57. The predicted molar refractivity (Wildman–Crippen MR) is 145 cm³/mol. The van der Waals surface area contributed by atoms with Gasteiger partial charge < -0.3 is 19.9 Å². The molecule has 0 radical (unpaired) electrons. The molecule has 190 valence electrons. The number of halogens is 1.